The second kappa shape index (κ2) is 5.68. The number of halogens is 1. The van der Waals surface area contributed by atoms with Gasteiger partial charge in [-0.15, -0.1) is 11.3 Å². The number of fused-ring (bicyclic) bond motifs is 1. The van der Waals surface area contributed by atoms with Crippen molar-refractivity contribution in [3.63, 3.8) is 0 Å². The molecule has 1 aliphatic rings. The zero-order valence-electron chi connectivity index (χ0n) is 12.1. The molecule has 2 aromatic rings. The topological polar surface area (TPSA) is 66.4 Å². The van der Waals surface area contributed by atoms with Crippen molar-refractivity contribution in [1.29, 1.82) is 0 Å². The standard InChI is InChI=1S/C16H16FNO3S/c1-8-10-6-5-9(17)7-13(10)22-14(8)15(19)18-12-4-2-3-11(12)16(20)21/h5-7,11-12H,2-4H2,1H3,(H,18,19)(H,20,21)/t11-,12+/m0/s1. The van der Waals surface area contributed by atoms with Crippen LogP contribution in [0.15, 0.2) is 18.2 Å². The maximum Gasteiger partial charge on any atom is 0.308 e. The molecule has 2 N–H and O–H groups in total. The van der Waals surface area contributed by atoms with E-state index in [2.05, 4.69) is 5.32 Å². The van der Waals surface area contributed by atoms with E-state index >= 15 is 0 Å². The third-order valence-electron chi connectivity index (χ3n) is 4.26. The van der Waals surface area contributed by atoms with Crippen molar-refractivity contribution >= 4 is 33.3 Å². The van der Waals surface area contributed by atoms with E-state index in [0.717, 1.165) is 22.1 Å². The number of aliphatic carboxylic acids is 1. The van der Waals surface area contributed by atoms with Gasteiger partial charge in [-0.2, -0.15) is 0 Å². The summed E-state index contributed by atoms with van der Waals surface area (Å²) >= 11 is 1.24. The van der Waals surface area contributed by atoms with Gasteiger partial charge in [-0.05, 0) is 42.8 Å². The number of carboxylic acids is 1. The number of nitrogens with one attached hydrogen (secondary N) is 1. The Hall–Kier alpha value is -1.95. The minimum absolute atomic E-state index is 0.266. The van der Waals surface area contributed by atoms with Gasteiger partial charge in [0, 0.05) is 10.7 Å². The van der Waals surface area contributed by atoms with Crippen molar-refractivity contribution < 1.29 is 19.1 Å². The molecule has 1 amide bonds. The van der Waals surface area contributed by atoms with Crippen LogP contribution in [0.5, 0.6) is 0 Å². The number of amides is 1. The van der Waals surface area contributed by atoms with E-state index in [4.69, 9.17) is 0 Å². The van der Waals surface area contributed by atoms with Crippen LogP contribution in [0.4, 0.5) is 4.39 Å². The summed E-state index contributed by atoms with van der Waals surface area (Å²) in [4.78, 5) is 24.2. The molecule has 116 valence electrons. The first-order valence-electron chi connectivity index (χ1n) is 7.19. The van der Waals surface area contributed by atoms with E-state index in [9.17, 15) is 19.1 Å². The fraction of sp³-hybridized carbons (Fsp3) is 0.375. The fourth-order valence-electron chi connectivity index (χ4n) is 3.08. The van der Waals surface area contributed by atoms with Gasteiger partial charge in [-0.25, -0.2) is 4.39 Å². The van der Waals surface area contributed by atoms with Crippen LogP contribution in [0.3, 0.4) is 0 Å². The average Bonchev–Trinajstić information content (AvgIpc) is 3.03. The van der Waals surface area contributed by atoms with Crippen LogP contribution in [0.25, 0.3) is 10.1 Å². The third-order valence-corrected chi connectivity index (χ3v) is 5.51. The second-order valence-corrected chi connectivity index (χ2v) is 6.70. The average molecular weight is 321 g/mol. The van der Waals surface area contributed by atoms with Crippen LogP contribution >= 0.6 is 11.3 Å². The highest BCUT2D eigenvalue weighted by molar-refractivity contribution is 7.21. The van der Waals surface area contributed by atoms with Gasteiger partial charge in [0.2, 0.25) is 0 Å². The van der Waals surface area contributed by atoms with Crippen molar-refractivity contribution in [2.24, 2.45) is 5.92 Å². The SMILES string of the molecule is Cc1c(C(=O)N[C@@H]2CCC[C@@H]2C(=O)O)sc2cc(F)ccc12. The van der Waals surface area contributed by atoms with Crippen LogP contribution in [0.2, 0.25) is 0 Å². The van der Waals surface area contributed by atoms with Gasteiger partial charge in [-0.3, -0.25) is 9.59 Å². The van der Waals surface area contributed by atoms with Crippen molar-refractivity contribution in [2.75, 3.05) is 0 Å². The second-order valence-electron chi connectivity index (χ2n) is 5.65. The van der Waals surface area contributed by atoms with Crippen molar-refractivity contribution in [2.45, 2.75) is 32.2 Å². The lowest BCUT2D eigenvalue weighted by Gasteiger charge is -2.17. The van der Waals surface area contributed by atoms with Gasteiger partial charge in [0.15, 0.2) is 0 Å². The summed E-state index contributed by atoms with van der Waals surface area (Å²) < 4.78 is 14.0. The normalized spacial score (nSPS) is 21.2. The minimum Gasteiger partial charge on any atom is -0.481 e. The van der Waals surface area contributed by atoms with E-state index in [0.29, 0.717) is 17.7 Å². The van der Waals surface area contributed by atoms with Crippen LogP contribution in [-0.2, 0) is 4.79 Å². The first kappa shape index (κ1) is 15.0. The molecule has 1 fully saturated rings. The number of hydrogen-bond donors (Lipinski definition) is 2. The maximum absolute atomic E-state index is 13.3. The van der Waals surface area contributed by atoms with E-state index < -0.39 is 11.9 Å². The minimum atomic E-state index is -0.863. The molecule has 0 aliphatic heterocycles. The number of thiophene rings is 1. The predicted octanol–water partition coefficient (Wildman–Crippen LogP) is 3.33. The molecular formula is C16H16FNO3S. The molecule has 0 spiro atoms. The lowest BCUT2D eigenvalue weighted by atomic mass is 10.0. The molecular weight excluding hydrogens is 305 g/mol. The van der Waals surface area contributed by atoms with Crippen LogP contribution in [-0.4, -0.2) is 23.0 Å². The summed E-state index contributed by atoms with van der Waals surface area (Å²) in [6, 6.07) is 4.13. The molecule has 3 rings (SSSR count). The Bertz CT molecular complexity index is 755. The van der Waals surface area contributed by atoms with Crippen LogP contribution in [0, 0.1) is 18.7 Å². The fourth-order valence-corrected chi connectivity index (χ4v) is 4.22. The monoisotopic (exact) mass is 321 g/mol. The van der Waals surface area contributed by atoms with Gasteiger partial charge < -0.3 is 10.4 Å². The van der Waals surface area contributed by atoms with E-state index in [1.165, 1.54) is 23.5 Å². The Labute approximate surface area is 130 Å². The Balaban J connectivity index is 1.86. The Morgan fingerprint density at radius 3 is 2.86 bits per heavy atom. The predicted molar refractivity (Wildman–Crippen MR) is 82.8 cm³/mol. The first-order chi connectivity index (χ1) is 10.5. The molecule has 1 saturated carbocycles. The molecule has 0 saturated heterocycles. The highest BCUT2D eigenvalue weighted by Crippen LogP contribution is 2.32. The van der Waals surface area contributed by atoms with Gasteiger partial charge >= 0.3 is 5.97 Å². The Morgan fingerprint density at radius 1 is 1.36 bits per heavy atom. The number of carbonyl (C=O) groups is 2. The van der Waals surface area contributed by atoms with Crippen LogP contribution < -0.4 is 5.32 Å². The highest BCUT2D eigenvalue weighted by atomic mass is 32.1. The number of aryl methyl sites for hydroxylation is 1. The first-order valence-corrected chi connectivity index (χ1v) is 8.01. The van der Waals surface area contributed by atoms with Gasteiger partial charge in [-0.1, -0.05) is 12.5 Å². The van der Waals surface area contributed by atoms with Crippen LogP contribution in [0.1, 0.15) is 34.5 Å². The molecule has 0 unspecified atom stereocenters. The summed E-state index contributed by atoms with van der Waals surface area (Å²) in [6.45, 7) is 1.83. The molecule has 6 heteroatoms. The van der Waals surface area contributed by atoms with Crippen molar-refractivity contribution in [3.8, 4) is 0 Å². The molecule has 1 aromatic heterocycles. The number of benzene rings is 1. The molecule has 0 bridgehead atoms. The third kappa shape index (κ3) is 2.59. The lowest BCUT2D eigenvalue weighted by Crippen LogP contribution is -2.40. The molecule has 22 heavy (non-hydrogen) atoms. The summed E-state index contributed by atoms with van der Waals surface area (Å²) in [5.41, 5.74) is 0.808. The molecule has 2 atom stereocenters. The zero-order chi connectivity index (χ0) is 15.9. The van der Waals surface area contributed by atoms with Gasteiger partial charge in [0.1, 0.15) is 5.82 Å². The lowest BCUT2D eigenvalue weighted by molar-refractivity contribution is -0.142. The van der Waals surface area contributed by atoms with E-state index in [1.54, 1.807) is 6.07 Å². The summed E-state index contributed by atoms with van der Waals surface area (Å²) in [7, 11) is 0. The largest absolute Gasteiger partial charge is 0.481 e. The number of carboxylic acid groups (broad SMARTS) is 1. The number of carbonyl (C=O) groups excluding carboxylic acids is 1. The van der Waals surface area contributed by atoms with Crippen molar-refractivity contribution in [1.82, 2.24) is 5.32 Å². The van der Waals surface area contributed by atoms with Gasteiger partial charge in [0.25, 0.3) is 5.91 Å². The molecule has 1 aliphatic carbocycles. The number of hydrogen-bond acceptors (Lipinski definition) is 3. The summed E-state index contributed by atoms with van der Waals surface area (Å²) in [5, 5.41) is 12.9. The van der Waals surface area contributed by atoms with Crippen molar-refractivity contribution in [3.05, 3.63) is 34.5 Å². The molecule has 1 heterocycles. The molecule has 1 aromatic carbocycles. The Morgan fingerprint density at radius 2 is 2.14 bits per heavy atom. The maximum atomic E-state index is 13.3. The number of rotatable bonds is 3. The van der Waals surface area contributed by atoms with Gasteiger partial charge in [0.05, 0.1) is 10.8 Å². The smallest absolute Gasteiger partial charge is 0.308 e. The van der Waals surface area contributed by atoms with E-state index in [-0.39, 0.29) is 17.8 Å². The molecule has 0 radical (unpaired) electrons. The molecule has 4 nitrogen and oxygen atoms in total. The Kier molecular flexibility index (Phi) is 3.87. The van der Waals surface area contributed by atoms with E-state index in [1.807, 2.05) is 6.92 Å². The quantitative estimate of drug-likeness (QED) is 0.911. The summed E-state index contributed by atoms with van der Waals surface area (Å²) in [5.74, 6) is -1.98. The summed E-state index contributed by atoms with van der Waals surface area (Å²) in [6.07, 6.45) is 2.08. The zero-order valence-corrected chi connectivity index (χ0v) is 12.9. The highest BCUT2D eigenvalue weighted by Gasteiger charge is 2.34.